The van der Waals surface area contributed by atoms with E-state index in [1.54, 1.807) is 16.8 Å². The number of hydrogen-bond donors (Lipinski definition) is 1. The number of hydrogen-bond acceptors (Lipinski definition) is 6. The van der Waals surface area contributed by atoms with Gasteiger partial charge in [0.05, 0.1) is 6.54 Å². The third-order valence-electron chi connectivity index (χ3n) is 5.96. The van der Waals surface area contributed by atoms with Gasteiger partial charge in [0.15, 0.2) is 16.2 Å². The summed E-state index contributed by atoms with van der Waals surface area (Å²) in [5, 5.41) is 20.4. The van der Waals surface area contributed by atoms with Gasteiger partial charge in [0, 0.05) is 44.3 Å². The minimum Gasteiger partial charge on any atom is -0.377 e. The first-order valence-corrected chi connectivity index (χ1v) is 13.1. The Morgan fingerprint density at radius 1 is 1.14 bits per heavy atom. The summed E-state index contributed by atoms with van der Waals surface area (Å²) < 4.78 is 29.9. The summed E-state index contributed by atoms with van der Waals surface area (Å²) in [6, 6.07) is 11.2. The number of aliphatic hydroxyl groups is 1. The van der Waals surface area contributed by atoms with Crippen molar-refractivity contribution in [3.63, 3.8) is 0 Å². The summed E-state index contributed by atoms with van der Waals surface area (Å²) in [6.45, 7) is 3.76. The monoisotopic (exact) mass is 510 g/mol. The molecule has 3 atom stereocenters. The number of thiazole rings is 2. The maximum atomic E-state index is 14.8. The minimum absolute atomic E-state index is 0.00717. The second-order valence-electron chi connectivity index (χ2n) is 8.30. The minimum atomic E-state index is -1.68. The fraction of sp³-hybridized carbons (Fsp3) is 0.200. The van der Waals surface area contributed by atoms with Crippen molar-refractivity contribution in [2.75, 3.05) is 0 Å². The van der Waals surface area contributed by atoms with E-state index in [-0.39, 0.29) is 12.1 Å². The molecule has 0 aliphatic rings. The van der Waals surface area contributed by atoms with Crippen LogP contribution in [0.5, 0.6) is 0 Å². The lowest BCUT2D eigenvalue weighted by Gasteiger charge is -2.30. The highest BCUT2D eigenvalue weighted by Gasteiger charge is 2.45. The van der Waals surface area contributed by atoms with Crippen LogP contribution < -0.4 is 0 Å². The molecule has 0 amide bonds. The highest BCUT2D eigenvalue weighted by molar-refractivity contribution is 7.29. The van der Waals surface area contributed by atoms with Gasteiger partial charge >= 0.3 is 0 Å². The molecule has 0 fully saturated rings. The van der Waals surface area contributed by atoms with E-state index >= 15 is 0 Å². The standard InChI is InChI=1S/C25H22F2N5OS2/c1-16-10-34-24(31-16)19-5-3-18(4-6-19)23-11-35(15-29-23)17(2)25(33,12-32-14-28-13-30-32)21-8-7-20(26)9-22(21)27/h3-11,13-15,17,33H,12H2,1-2H3/q+1/t17-,25-,35?/m1/s1. The summed E-state index contributed by atoms with van der Waals surface area (Å²) in [5.41, 5.74) is 3.86. The van der Waals surface area contributed by atoms with Gasteiger partial charge in [-0.3, -0.25) is 0 Å². The molecule has 5 aromatic rings. The molecule has 178 valence electrons. The Morgan fingerprint density at radius 2 is 1.91 bits per heavy atom. The normalized spacial score (nSPS) is 14.6. The molecule has 6 nitrogen and oxygen atoms in total. The van der Waals surface area contributed by atoms with Crippen LogP contribution in [0, 0.1) is 18.6 Å². The summed E-state index contributed by atoms with van der Waals surface area (Å²) >= 11 is 1.60. The van der Waals surface area contributed by atoms with Crippen molar-refractivity contribution >= 4 is 21.8 Å². The molecule has 0 aliphatic carbocycles. The van der Waals surface area contributed by atoms with E-state index in [0.717, 1.165) is 39.7 Å². The Labute approximate surface area is 207 Å². The van der Waals surface area contributed by atoms with Crippen molar-refractivity contribution in [3.05, 3.63) is 94.3 Å². The van der Waals surface area contributed by atoms with Crippen LogP contribution in [0.2, 0.25) is 0 Å². The van der Waals surface area contributed by atoms with Crippen LogP contribution in [0.1, 0.15) is 23.4 Å². The molecule has 0 radical (unpaired) electrons. The lowest BCUT2D eigenvalue weighted by Crippen LogP contribution is -2.36. The summed E-state index contributed by atoms with van der Waals surface area (Å²) in [7, 11) is -0.622. The van der Waals surface area contributed by atoms with E-state index < -0.39 is 33.0 Å². The van der Waals surface area contributed by atoms with E-state index in [1.165, 1.54) is 23.4 Å². The Balaban J connectivity index is 1.47. The number of rotatable bonds is 7. The average Bonchev–Trinajstić information content (AvgIpc) is 3.61. The molecule has 0 spiro atoms. The summed E-state index contributed by atoms with van der Waals surface area (Å²) in [6.07, 6.45) is 2.80. The molecular formula is C25H22F2N5OS2+. The highest BCUT2D eigenvalue weighted by atomic mass is 32.2. The Kier molecular flexibility index (Phi) is 6.26. The van der Waals surface area contributed by atoms with Gasteiger partial charge < -0.3 is 5.11 Å². The molecule has 3 heterocycles. The van der Waals surface area contributed by atoms with Gasteiger partial charge in [-0.2, -0.15) is 10.1 Å². The van der Waals surface area contributed by atoms with Crippen molar-refractivity contribution in [2.45, 2.75) is 31.2 Å². The van der Waals surface area contributed by atoms with Crippen molar-refractivity contribution in [1.82, 2.24) is 24.7 Å². The lowest BCUT2D eigenvalue weighted by molar-refractivity contribution is 0.00185. The quantitative estimate of drug-likeness (QED) is 0.274. The lowest BCUT2D eigenvalue weighted by atomic mass is 9.90. The second-order valence-corrected chi connectivity index (χ2v) is 11.1. The third kappa shape index (κ3) is 4.64. The van der Waals surface area contributed by atoms with Crippen LogP contribution in [-0.4, -0.2) is 29.8 Å². The number of aromatic nitrogens is 5. The molecule has 0 saturated carbocycles. The summed E-state index contributed by atoms with van der Waals surface area (Å²) in [5.74, 6) is -1.51. The molecule has 10 heteroatoms. The average molecular weight is 511 g/mol. The smallest absolute Gasteiger partial charge is 0.230 e. The predicted molar refractivity (Wildman–Crippen MR) is 133 cm³/mol. The number of aryl methyl sites for hydroxylation is 1. The van der Waals surface area contributed by atoms with Gasteiger partial charge in [-0.15, -0.1) is 11.3 Å². The molecule has 5 rings (SSSR count). The molecule has 3 aromatic heterocycles. The topological polar surface area (TPSA) is 76.7 Å². The van der Waals surface area contributed by atoms with E-state index in [0.29, 0.717) is 0 Å². The first-order chi connectivity index (χ1) is 16.8. The van der Waals surface area contributed by atoms with Gasteiger partial charge in [0.1, 0.15) is 35.0 Å². The van der Waals surface area contributed by atoms with Gasteiger partial charge in [0.25, 0.3) is 0 Å². The first kappa shape index (κ1) is 23.4. The fourth-order valence-corrected chi connectivity index (χ4v) is 6.57. The van der Waals surface area contributed by atoms with Crippen molar-refractivity contribution < 1.29 is 13.9 Å². The highest BCUT2D eigenvalue weighted by Crippen LogP contribution is 2.47. The van der Waals surface area contributed by atoms with Crippen LogP contribution in [-0.2, 0) is 12.1 Å². The SMILES string of the molecule is Cc1csc(-c2ccc(-c3c[s+]([C@H](C)[C@](O)(Cn4cncn4)c4ccc(F)cc4F)cn3)cc2)n1. The fourth-order valence-electron chi connectivity index (χ4n) is 3.97. The zero-order valence-electron chi connectivity index (χ0n) is 19.0. The van der Waals surface area contributed by atoms with E-state index in [2.05, 4.69) is 20.1 Å². The summed E-state index contributed by atoms with van der Waals surface area (Å²) in [4.78, 5) is 13.0. The van der Waals surface area contributed by atoms with Gasteiger partial charge in [-0.05, 0) is 19.9 Å². The van der Waals surface area contributed by atoms with Crippen LogP contribution in [0.25, 0.3) is 21.8 Å². The van der Waals surface area contributed by atoms with Crippen molar-refractivity contribution in [3.8, 4) is 21.8 Å². The van der Waals surface area contributed by atoms with Crippen molar-refractivity contribution in [1.29, 1.82) is 0 Å². The molecule has 2 aromatic carbocycles. The van der Waals surface area contributed by atoms with Gasteiger partial charge in [-0.25, -0.2) is 23.4 Å². The molecule has 1 N–H and O–H groups in total. The Bertz CT molecular complexity index is 1450. The molecule has 0 saturated heterocycles. The molecule has 35 heavy (non-hydrogen) atoms. The van der Waals surface area contributed by atoms with Crippen LogP contribution in [0.15, 0.2) is 71.4 Å². The number of benzene rings is 2. The zero-order valence-corrected chi connectivity index (χ0v) is 20.6. The largest absolute Gasteiger partial charge is 0.377 e. The zero-order chi connectivity index (χ0) is 24.6. The maximum Gasteiger partial charge on any atom is 0.230 e. The molecule has 0 aliphatic heterocycles. The Hall–Kier alpha value is -3.34. The second kappa shape index (κ2) is 9.37. The Morgan fingerprint density at radius 3 is 2.57 bits per heavy atom. The third-order valence-corrected chi connectivity index (χ3v) is 9.02. The van der Waals surface area contributed by atoms with E-state index in [1.807, 2.05) is 48.9 Å². The van der Waals surface area contributed by atoms with Gasteiger partial charge in [-0.1, -0.05) is 30.3 Å². The van der Waals surface area contributed by atoms with E-state index in [4.69, 9.17) is 0 Å². The molecule has 1 unspecified atom stereocenters. The molecule has 0 bridgehead atoms. The predicted octanol–water partition coefficient (Wildman–Crippen LogP) is 5.95. The maximum absolute atomic E-state index is 14.8. The number of halogens is 2. The van der Waals surface area contributed by atoms with Crippen molar-refractivity contribution in [2.24, 2.45) is 0 Å². The first-order valence-electron chi connectivity index (χ1n) is 10.8. The van der Waals surface area contributed by atoms with Crippen LogP contribution >= 0.6 is 21.8 Å². The molecular weight excluding hydrogens is 488 g/mol. The number of nitrogens with zero attached hydrogens (tertiary/aromatic N) is 5. The van der Waals surface area contributed by atoms with Crippen LogP contribution in [0.4, 0.5) is 8.78 Å². The van der Waals surface area contributed by atoms with E-state index in [9.17, 15) is 13.9 Å². The van der Waals surface area contributed by atoms with Gasteiger partial charge in [0.2, 0.25) is 5.51 Å². The van der Waals surface area contributed by atoms with Crippen LogP contribution in [0.3, 0.4) is 0 Å².